The minimum absolute atomic E-state index is 0.0554. The van der Waals surface area contributed by atoms with Crippen LogP contribution in [0.5, 0.6) is 11.5 Å². The molecule has 1 aromatic carbocycles. The maximum Gasteiger partial charge on any atom is 0.257 e. The predicted octanol–water partition coefficient (Wildman–Crippen LogP) is 1.08. The number of piperidine rings is 1. The van der Waals surface area contributed by atoms with Gasteiger partial charge >= 0.3 is 0 Å². The molecule has 3 N–H and O–H groups in total. The van der Waals surface area contributed by atoms with Gasteiger partial charge in [0, 0.05) is 13.1 Å². The van der Waals surface area contributed by atoms with Crippen molar-refractivity contribution in [2.75, 3.05) is 13.1 Å². The second kappa shape index (κ2) is 4.49. The summed E-state index contributed by atoms with van der Waals surface area (Å²) in [5.74, 6) is -0.519. The van der Waals surface area contributed by atoms with Crippen LogP contribution in [0.1, 0.15) is 30.1 Å². The Balaban J connectivity index is 2.15. The fourth-order valence-electron chi connectivity index (χ4n) is 2.06. The molecule has 1 fully saturated rings. The molecule has 0 bridgehead atoms. The van der Waals surface area contributed by atoms with Crippen molar-refractivity contribution in [1.29, 1.82) is 0 Å². The molecule has 0 atom stereocenters. The minimum atomic E-state index is -0.725. The summed E-state index contributed by atoms with van der Waals surface area (Å²) in [4.78, 5) is 13.7. The Morgan fingerprint density at radius 1 is 1.28 bits per heavy atom. The number of phenolic OH excluding ortho intramolecular Hbond substituents is 2. The van der Waals surface area contributed by atoms with E-state index in [0.717, 1.165) is 0 Å². The fourth-order valence-corrected chi connectivity index (χ4v) is 2.06. The largest absolute Gasteiger partial charge is 0.508 e. The Labute approximate surface area is 105 Å². The van der Waals surface area contributed by atoms with Gasteiger partial charge in [0.05, 0.1) is 11.2 Å². The van der Waals surface area contributed by atoms with Crippen molar-refractivity contribution in [2.24, 2.45) is 0 Å². The van der Waals surface area contributed by atoms with Crippen LogP contribution in [0.25, 0.3) is 0 Å². The number of nitrogens with zero attached hydrogens (tertiary/aromatic N) is 1. The Morgan fingerprint density at radius 3 is 2.50 bits per heavy atom. The number of aromatic hydroxyl groups is 2. The molecular formula is C13H17NO4. The van der Waals surface area contributed by atoms with E-state index < -0.39 is 5.60 Å². The molecule has 5 heteroatoms. The molecule has 1 aliphatic rings. The second-order valence-corrected chi connectivity index (χ2v) is 4.99. The molecule has 0 spiro atoms. The minimum Gasteiger partial charge on any atom is -0.508 e. The zero-order valence-corrected chi connectivity index (χ0v) is 10.3. The summed E-state index contributed by atoms with van der Waals surface area (Å²) in [7, 11) is 0. The second-order valence-electron chi connectivity index (χ2n) is 4.99. The molecule has 0 radical (unpaired) electrons. The Kier molecular flexibility index (Phi) is 3.17. The molecule has 2 rings (SSSR count). The maximum absolute atomic E-state index is 12.2. The molecule has 0 aromatic heterocycles. The number of amides is 1. The fraction of sp³-hybridized carbons (Fsp3) is 0.462. The number of benzene rings is 1. The third kappa shape index (κ3) is 2.56. The van der Waals surface area contributed by atoms with Crippen molar-refractivity contribution >= 4 is 5.91 Å². The molecule has 18 heavy (non-hydrogen) atoms. The Morgan fingerprint density at radius 2 is 1.89 bits per heavy atom. The van der Waals surface area contributed by atoms with E-state index >= 15 is 0 Å². The number of carbonyl (C=O) groups excluding carboxylic acids is 1. The van der Waals surface area contributed by atoms with E-state index in [4.69, 9.17) is 0 Å². The molecule has 1 aromatic rings. The summed E-state index contributed by atoms with van der Waals surface area (Å²) < 4.78 is 0. The van der Waals surface area contributed by atoms with Gasteiger partial charge in [0.15, 0.2) is 0 Å². The maximum atomic E-state index is 12.2. The van der Waals surface area contributed by atoms with Crippen LogP contribution >= 0.6 is 0 Å². The molecule has 5 nitrogen and oxygen atoms in total. The number of carbonyl (C=O) groups is 1. The van der Waals surface area contributed by atoms with Crippen molar-refractivity contribution in [1.82, 2.24) is 4.90 Å². The highest BCUT2D eigenvalue weighted by Crippen LogP contribution is 2.27. The smallest absolute Gasteiger partial charge is 0.257 e. The molecule has 0 saturated carbocycles. The van der Waals surface area contributed by atoms with Gasteiger partial charge in [-0.3, -0.25) is 4.79 Å². The van der Waals surface area contributed by atoms with Crippen LogP contribution in [0.2, 0.25) is 0 Å². The highest BCUT2D eigenvalue weighted by molar-refractivity contribution is 5.97. The van der Waals surface area contributed by atoms with Crippen molar-refractivity contribution in [2.45, 2.75) is 25.4 Å². The SMILES string of the molecule is CC1(O)CCN(C(=O)c2cc(O)ccc2O)CC1. The predicted molar refractivity (Wildman–Crippen MR) is 65.5 cm³/mol. The van der Waals surface area contributed by atoms with Crippen molar-refractivity contribution < 1.29 is 20.1 Å². The average molecular weight is 251 g/mol. The number of hydrogen-bond donors (Lipinski definition) is 3. The van der Waals surface area contributed by atoms with Gasteiger partial charge in [0.2, 0.25) is 0 Å². The first-order chi connectivity index (χ1) is 8.39. The van der Waals surface area contributed by atoms with Gasteiger partial charge in [0.1, 0.15) is 11.5 Å². The van der Waals surface area contributed by atoms with Gasteiger partial charge in [-0.1, -0.05) is 0 Å². The normalized spacial score (nSPS) is 18.7. The van der Waals surface area contributed by atoms with Gasteiger partial charge in [0.25, 0.3) is 5.91 Å². The first-order valence-electron chi connectivity index (χ1n) is 5.93. The Bertz CT molecular complexity index is 460. The molecule has 1 saturated heterocycles. The van der Waals surface area contributed by atoms with Gasteiger partial charge in [-0.25, -0.2) is 0 Å². The van der Waals surface area contributed by atoms with Crippen molar-refractivity contribution in [3.8, 4) is 11.5 Å². The highest BCUT2D eigenvalue weighted by Gasteiger charge is 2.30. The van der Waals surface area contributed by atoms with Crippen molar-refractivity contribution in [3.63, 3.8) is 0 Å². The van der Waals surface area contributed by atoms with Crippen LogP contribution < -0.4 is 0 Å². The van der Waals surface area contributed by atoms with E-state index in [-0.39, 0.29) is 23.0 Å². The van der Waals surface area contributed by atoms with E-state index in [1.54, 1.807) is 11.8 Å². The lowest BCUT2D eigenvalue weighted by Gasteiger charge is -2.35. The summed E-state index contributed by atoms with van der Waals surface area (Å²) in [5, 5.41) is 28.8. The van der Waals surface area contributed by atoms with Crippen LogP contribution in [0, 0.1) is 0 Å². The highest BCUT2D eigenvalue weighted by atomic mass is 16.3. The molecular weight excluding hydrogens is 234 g/mol. The molecule has 98 valence electrons. The molecule has 1 heterocycles. The molecule has 1 amide bonds. The van der Waals surface area contributed by atoms with Gasteiger partial charge in [-0.15, -0.1) is 0 Å². The summed E-state index contributed by atoms with van der Waals surface area (Å²) in [6.07, 6.45) is 1.02. The van der Waals surface area contributed by atoms with Crippen LogP contribution in [-0.2, 0) is 0 Å². The number of hydrogen-bond acceptors (Lipinski definition) is 4. The molecule has 0 unspecified atom stereocenters. The lowest BCUT2D eigenvalue weighted by Crippen LogP contribution is -2.45. The summed E-state index contributed by atoms with van der Waals surface area (Å²) in [6, 6.07) is 3.88. The lowest BCUT2D eigenvalue weighted by molar-refractivity contribution is -0.00209. The molecule has 0 aliphatic carbocycles. The monoisotopic (exact) mass is 251 g/mol. The zero-order valence-electron chi connectivity index (χ0n) is 10.3. The number of rotatable bonds is 1. The molecule has 1 aliphatic heterocycles. The Hall–Kier alpha value is -1.75. The van der Waals surface area contributed by atoms with Gasteiger partial charge < -0.3 is 20.2 Å². The van der Waals surface area contributed by atoms with Gasteiger partial charge in [-0.2, -0.15) is 0 Å². The first kappa shape index (κ1) is 12.7. The number of phenols is 2. The first-order valence-corrected chi connectivity index (χ1v) is 5.93. The summed E-state index contributed by atoms with van der Waals surface area (Å²) in [5.41, 5.74) is -0.631. The third-order valence-corrected chi connectivity index (χ3v) is 3.34. The van der Waals surface area contributed by atoms with Crippen LogP contribution in [0.4, 0.5) is 0 Å². The number of aliphatic hydroxyl groups is 1. The van der Waals surface area contributed by atoms with E-state index in [1.807, 2.05) is 0 Å². The summed E-state index contributed by atoms with van der Waals surface area (Å²) >= 11 is 0. The van der Waals surface area contributed by atoms with E-state index in [2.05, 4.69) is 0 Å². The van der Waals surface area contributed by atoms with Crippen molar-refractivity contribution in [3.05, 3.63) is 23.8 Å². The number of likely N-dealkylation sites (tertiary alicyclic amines) is 1. The standard InChI is InChI=1S/C13H17NO4/c1-13(18)4-6-14(7-5-13)12(17)10-8-9(15)2-3-11(10)16/h2-3,8,15-16,18H,4-7H2,1H3. The third-order valence-electron chi connectivity index (χ3n) is 3.34. The van der Waals surface area contributed by atoms with Crippen LogP contribution in [0.15, 0.2) is 18.2 Å². The van der Waals surface area contributed by atoms with E-state index in [9.17, 15) is 20.1 Å². The quantitative estimate of drug-likeness (QED) is 0.652. The zero-order chi connectivity index (χ0) is 13.3. The van der Waals surface area contributed by atoms with Gasteiger partial charge in [-0.05, 0) is 38.0 Å². The van der Waals surface area contributed by atoms with E-state index in [1.165, 1.54) is 18.2 Å². The van der Waals surface area contributed by atoms with Crippen LogP contribution in [-0.4, -0.2) is 44.8 Å². The average Bonchev–Trinajstić information content (AvgIpc) is 2.31. The lowest BCUT2D eigenvalue weighted by atomic mass is 9.93. The van der Waals surface area contributed by atoms with Crippen LogP contribution in [0.3, 0.4) is 0 Å². The van der Waals surface area contributed by atoms with E-state index in [0.29, 0.717) is 25.9 Å². The topological polar surface area (TPSA) is 81.0 Å². The summed E-state index contributed by atoms with van der Waals surface area (Å²) in [6.45, 7) is 2.64.